The Kier molecular flexibility index (Phi) is 7.37. The van der Waals surface area contributed by atoms with E-state index in [9.17, 15) is 0 Å². The van der Waals surface area contributed by atoms with E-state index in [4.69, 9.17) is 4.99 Å². The Morgan fingerprint density at radius 1 is 1.06 bits per heavy atom. The van der Waals surface area contributed by atoms with Crippen LogP contribution < -0.4 is 5.32 Å². The molecule has 2 aromatic rings. The summed E-state index contributed by atoms with van der Waals surface area (Å²) in [6.45, 7) is 4.39. The van der Waals surface area contributed by atoms with Gasteiger partial charge in [0.2, 0.25) is 0 Å². The van der Waals surface area contributed by atoms with E-state index < -0.39 is 0 Å². The van der Waals surface area contributed by atoms with Gasteiger partial charge < -0.3 is 10.2 Å². The zero-order valence-corrected chi connectivity index (χ0v) is 20.4. The van der Waals surface area contributed by atoms with Gasteiger partial charge in [0.1, 0.15) is 18.5 Å². The van der Waals surface area contributed by atoms with Crippen molar-refractivity contribution in [1.82, 2.24) is 24.5 Å². The summed E-state index contributed by atoms with van der Waals surface area (Å²) in [6, 6.07) is 2.46. The Hall–Kier alpha value is -2.96. The summed E-state index contributed by atoms with van der Waals surface area (Å²) < 4.78 is 1.70. The van der Waals surface area contributed by atoms with Crippen molar-refractivity contribution < 1.29 is 0 Å². The Morgan fingerprint density at radius 2 is 1.97 bits per heavy atom. The van der Waals surface area contributed by atoms with Crippen LogP contribution >= 0.6 is 0 Å². The van der Waals surface area contributed by atoms with Gasteiger partial charge in [-0.05, 0) is 69.9 Å². The second kappa shape index (κ2) is 11.0. The minimum atomic E-state index is 0.471. The average molecular weight is 460 g/mol. The fourth-order valence-electron chi connectivity index (χ4n) is 5.59. The van der Waals surface area contributed by atoms with Crippen molar-refractivity contribution in [3.63, 3.8) is 0 Å². The Bertz CT molecular complexity index is 1090. The number of anilines is 1. The van der Waals surface area contributed by atoms with Crippen LogP contribution in [0, 0.1) is 5.92 Å². The highest BCUT2D eigenvalue weighted by atomic mass is 15.3. The van der Waals surface area contributed by atoms with Gasteiger partial charge >= 0.3 is 0 Å². The van der Waals surface area contributed by atoms with Gasteiger partial charge in [-0.25, -0.2) is 14.5 Å². The van der Waals surface area contributed by atoms with Gasteiger partial charge in [0.15, 0.2) is 5.65 Å². The topological polar surface area (TPSA) is 70.7 Å². The minimum Gasteiger partial charge on any atom is -0.371 e. The zero-order valence-electron chi connectivity index (χ0n) is 20.4. The number of aliphatic imine (C=N–C) groups is 1. The lowest BCUT2D eigenvalue weighted by Gasteiger charge is -2.32. The molecule has 0 aromatic carbocycles. The summed E-state index contributed by atoms with van der Waals surface area (Å²) >= 11 is 0. The van der Waals surface area contributed by atoms with E-state index in [0.29, 0.717) is 6.04 Å². The van der Waals surface area contributed by atoms with Gasteiger partial charge in [-0.2, -0.15) is 5.10 Å². The van der Waals surface area contributed by atoms with E-state index in [-0.39, 0.29) is 0 Å². The van der Waals surface area contributed by atoms with Gasteiger partial charge in [-0.1, -0.05) is 24.5 Å². The summed E-state index contributed by atoms with van der Waals surface area (Å²) in [6.07, 6.45) is 24.4. The smallest absolute Gasteiger partial charge is 0.160 e. The van der Waals surface area contributed by atoms with Crippen molar-refractivity contribution in [3.05, 3.63) is 54.4 Å². The maximum absolute atomic E-state index is 4.75. The molecule has 1 saturated carbocycles. The molecular weight excluding hydrogens is 422 g/mol. The van der Waals surface area contributed by atoms with Crippen LogP contribution in [0.25, 0.3) is 5.65 Å². The molecule has 0 bridgehead atoms. The summed E-state index contributed by atoms with van der Waals surface area (Å²) in [5, 5.41) is 7.79. The van der Waals surface area contributed by atoms with Crippen LogP contribution in [0.5, 0.6) is 0 Å². The maximum atomic E-state index is 4.75. The molecular formula is C27H37N7. The van der Waals surface area contributed by atoms with E-state index in [1.54, 1.807) is 22.7 Å². The van der Waals surface area contributed by atoms with Crippen LogP contribution in [-0.2, 0) is 0 Å². The number of likely N-dealkylation sites (tertiary alicyclic amines) is 1. The number of nitrogens with one attached hydrogen (secondary N) is 1. The monoisotopic (exact) mass is 459 g/mol. The molecule has 7 nitrogen and oxygen atoms in total. The van der Waals surface area contributed by atoms with Gasteiger partial charge in [-0.15, -0.1) is 0 Å². The maximum Gasteiger partial charge on any atom is 0.160 e. The van der Waals surface area contributed by atoms with E-state index in [0.717, 1.165) is 23.8 Å². The highest BCUT2D eigenvalue weighted by molar-refractivity contribution is 5.99. The lowest BCUT2D eigenvalue weighted by atomic mass is 9.87. The number of hydrogen-bond acceptors (Lipinski definition) is 6. The summed E-state index contributed by atoms with van der Waals surface area (Å²) in [4.78, 5) is 16.1. The molecule has 34 heavy (non-hydrogen) atoms. The number of rotatable bonds is 6. The number of piperidine rings is 1. The van der Waals surface area contributed by atoms with Gasteiger partial charge in [0, 0.05) is 49.2 Å². The van der Waals surface area contributed by atoms with Crippen LogP contribution in [0.4, 0.5) is 5.82 Å². The molecule has 0 radical (unpaired) electrons. The lowest BCUT2D eigenvalue weighted by molar-refractivity contribution is 0.292. The quantitative estimate of drug-likeness (QED) is 0.574. The van der Waals surface area contributed by atoms with Gasteiger partial charge in [-0.3, -0.25) is 4.99 Å². The molecule has 0 amide bonds. The van der Waals surface area contributed by atoms with E-state index in [1.807, 2.05) is 25.3 Å². The number of hydrogen-bond donors (Lipinski definition) is 1. The zero-order chi connectivity index (χ0) is 23.2. The number of aromatic nitrogens is 4. The van der Waals surface area contributed by atoms with Crippen LogP contribution in [0.1, 0.15) is 71.1 Å². The van der Waals surface area contributed by atoms with Crippen molar-refractivity contribution >= 4 is 17.2 Å². The van der Waals surface area contributed by atoms with Crippen LogP contribution in [-0.4, -0.2) is 49.3 Å². The molecule has 180 valence electrons. The fourth-order valence-corrected chi connectivity index (χ4v) is 5.59. The molecule has 1 aliphatic heterocycles. The van der Waals surface area contributed by atoms with Crippen molar-refractivity contribution in [2.45, 2.75) is 77.2 Å². The van der Waals surface area contributed by atoms with Crippen LogP contribution in [0.3, 0.4) is 0 Å². The highest BCUT2D eigenvalue weighted by Gasteiger charge is 2.23. The largest absolute Gasteiger partial charge is 0.371 e. The second-order valence-corrected chi connectivity index (χ2v) is 9.96. The Morgan fingerprint density at radius 3 is 2.85 bits per heavy atom. The Balaban J connectivity index is 1.21. The van der Waals surface area contributed by atoms with E-state index in [2.05, 4.69) is 37.4 Å². The molecule has 3 aliphatic rings. The first-order chi connectivity index (χ1) is 16.8. The molecule has 3 heterocycles. The third-order valence-electron chi connectivity index (χ3n) is 7.35. The number of nitrogens with zero attached hydrogens (tertiary/aromatic N) is 6. The van der Waals surface area contributed by atoms with Crippen molar-refractivity contribution in [3.8, 4) is 0 Å². The van der Waals surface area contributed by atoms with Crippen molar-refractivity contribution in [2.75, 3.05) is 18.4 Å². The standard InChI is InChI=1S/C27H37N7/c1-2-11-28-24-15-22(16-25(17-24)33-12-4-3-5-13-33)14-21-7-6-8-23(10-9-21)32-26-18-27-29-19-31-34(27)20-30-26/h2,11,16-21,23,32H,3-10,12-15H2,1H3/b11-2-,28-24+/t21-,23+/m1/s1. The minimum absolute atomic E-state index is 0.471. The third-order valence-corrected chi connectivity index (χ3v) is 7.35. The van der Waals surface area contributed by atoms with E-state index >= 15 is 0 Å². The molecule has 7 heteroatoms. The normalized spacial score (nSPS) is 25.4. The first-order valence-electron chi connectivity index (χ1n) is 13.0. The molecule has 5 rings (SSSR count). The fraction of sp³-hybridized carbons (Fsp3) is 0.556. The van der Waals surface area contributed by atoms with Crippen molar-refractivity contribution in [1.29, 1.82) is 0 Å². The predicted octanol–water partition coefficient (Wildman–Crippen LogP) is 5.55. The molecule has 0 spiro atoms. The molecule has 1 N–H and O–H groups in total. The van der Waals surface area contributed by atoms with Crippen molar-refractivity contribution in [2.24, 2.45) is 10.9 Å². The number of allylic oxidation sites excluding steroid dienone is 4. The molecule has 0 unspecified atom stereocenters. The molecule has 1 saturated heterocycles. The second-order valence-electron chi connectivity index (χ2n) is 9.96. The van der Waals surface area contributed by atoms with Gasteiger partial charge in [0.05, 0.1) is 0 Å². The third kappa shape index (κ3) is 5.75. The molecule has 2 aliphatic carbocycles. The highest BCUT2D eigenvalue weighted by Crippen LogP contribution is 2.33. The van der Waals surface area contributed by atoms with Crippen LogP contribution in [0.2, 0.25) is 0 Å². The lowest BCUT2D eigenvalue weighted by Crippen LogP contribution is -2.30. The predicted molar refractivity (Wildman–Crippen MR) is 138 cm³/mol. The molecule has 2 atom stereocenters. The molecule has 2 aromatic heterocycles. The first kappa shape index (κ1) is 22.8. The SMILES string of the molecule is C/C=C\N=C1\C=C(N2CCCCC2)C=C(C[C@@H]2CCC[C@H](Nc3cc4ncnn4cn3)CC2)C1. The first-order valence-corrected chi connectivity index (χ1v) is 13.0. The summed E-state index contributed by atoms with van der Waals surface area (Å²) in [5.74, 6) is 1.65. The Labute approximate surface area is 202 Å². The summed E-state index contributed by atoms with van der Waals surface area (Å²) in [5.41, 5.74) is 4.98. The summed E-state index contributed by atoms with van der Waals surface area (Å²) in [7, 11) is 0. The van der Waals surface area contributed by atoms with E-state index in [1.165, 1.54) is 82.3 Å². The average Bonchev–Trinajstić information content (AvgIpc) is 3.23. The van der Waals surface area contributed by atoms with Gasteiger partial charge in [0.25, 0.3) is 0 Å². The molecule has 2 fully saturated rings. The van der Waals surface area contributed by atoms with Crippen LogP contribution in [0.15, 0.2) is 59.4 Å². The number of fused-ring (bicyclic) bond motifs is 1.